The molecule has 0 aliphatic heterocycles. The van der Waals surface area contributed by atoms with Crippen LogP contribution in [-0.4, -0.2) is 68.4 Å². The number of hydrogen-bond donors (Lipinski definition) is 4. The zero-order valence-corrected chi connectivity index (χ0v) is 25.7. The van der Waals surface area contributed by atoms with E-state index in [1.807, 2.05) is 0 Å². The molecule has 2 atom stereocenters. The zero-order valence-electron chi connectivity index (χ0n) is 24.8. The lowest BCUT2D eigenvalue weighted by molar-refractivity contribution is 0.0176. The molecule has 0 aliphatic carbocycles. The molecule has 0 saturated heterocycles. The van der Waals surface area contributed by atoms with E-state index >= 15 is 0 Å². The number of nitrogens with zero attached hydrogens (tertiary/aromatic N) is 3. The van der Waals surface area contributed by atoms with E-state index in [0.29, 0.717) is 19.6 Å². The summed E-state index contributed by atoms with van der Waals surface area (Å²) in [7, 11) is -4.01. The third-order valence-electron chi connectivity index (χ3n) is 6.94. The fourth-order valence-corrected chi connectivity index (χ4v) is 5.48. The maximum absolute atomic E-state index is 12.3. The Morgan fingerprint density at radius 3 is 2.15 bits per heavy atom. The Hall–Kier alpha value is -1.82. The lowest BCUT2D eigenvalue weighted by Crippen LogP contribution is -2.25. The summed E-state index contributed by atoms with van der Waals surface area (Å²) in [5.74, 6) is -0.0671. The van der Waals surface area contributed by atoms with Gasteiger partial charge in [0.2, 0.25) is 5.95 Å². The van der Waals surface area contributed by atoms with Crippen molar-refractivity contribution in [1.29, 1.82) is 0 Å². The molecule has 2 rings (SSSR count). The molecule has 41 heavy (non-hydrogen) atoms. The molecule has 2 aromatic rings. The smallest absolute Gasteiger partial charge is 0.353 e. The number of nitrogens with two attached hydrogens (primary N) is 1. The third kappa shape index (κ3) is 15.3. The number of unbranched alkanes of at least 4 members (excludes halogenated alkanes) is 13. The molecule has 2 heterocycles. The molecule has 0 radical (unpaired) electrons. The minimum atomic E-state index is -4.01. The molecular weight excluding hydrogens is 549 g/mol. The molecule has 12 nitrogen and oxygen atoms in total. The summed E-state index contributed by atoms with van der Waals surface area (Å²) in [4.78, 5) is 32.4. The highest BCUT2D eigenvalue weighted by Crippen LogP contribution is 2.42. The maximum Gasteiger partial charge on any atom is 0.353 e. The molecule has 0 amide bonds. The molecule has 236 valence electrons. The first kappa shape index (κ1) is 35.4. The molecular formula is C28H52N5O7P. The highest BCUT2D eigenvalue weighted by molar-refractivity contribution is 7.52. The normalized spacial score (nSPS) is 14.0. The van der Waals surface area contributed by atoms with Crippen LogP contribution in [0, 0.1) is 0 Å². The number of ether oxygens (including phenoxy) is 2. The van der Waals surface area contributed by atoms with Crippen LogP contribution in [-0.2, 0) is 25.1 Å². The van der Waals surface area contributed by atoms with Gasteiger partial charge in [-0.05, 0) is 12.8 Å². The Kier molecular flexibility index (Phi) is 18.1. The van der Waals surface area contributed by atoms with Gasteiger partial charge in [-0.3, -0.25) is 14.3 Å². The predicted molar refractivity (Wildman–Crippen MR) is 161 cm³/mol. The van der Waals surface area contributed by atoms with Gasteiger partial charge in [-0.1, -0.05) is 90.4 Å². The number of aromatic amines is 1. The first-order valence-corrected chi connectivity index (χ1v) is 17.1. The van der Waals surface area contributed by atoms with Crippen LogP contribution in [0.5, 0.6) is 0 Å². The quantitative estimate of drug-likeness (QED) is 0.0836. The molecule has 5 N–H and O–H groups in total. The Bertz CT molecular complexity index is 1060. The molecule has 0 aromatic carbocycles. The average Bonchev–Trinajstić information content (AvgIpc) is 3.34. The van der Waals surface area contributed by atoms with E-state index < -0.39 is 32.2 Å². The number of nitrogen functional groups attached to an aromatic ring is 1. The molecule has 0 bridgehead atoms. The summed E-state index contributed by atoms with van der Waals surface area (Å²) in [5.41, 5.74) is 5.43. The van der Waals surface area contributed by atoms with Crippen LogP contribution in [0.4, 0.5) is 5.95 Å². The van der Waals surface area contributed by atoms with Gasteiger partial charge in [-0.2, -0.15) is 4.98 Å². The van der Waals surface area contributed by atoms with Gasteiger partial charge < -0.3 is 34.3 Å². The van der Waals surface area contributed by atoms with Crippen molar-refractivity contribution in [3.63, 3.8) is 0 Å². The van der Waals surface area contributed by atoms with Gasteiger partial charge in [0.15, 0.2) is 11.2 Å². The van der Waals surface area contributed by atoms with Gasteiger partial charge >= 0.3 is 7.60 Å². The van der Waals surface area contributed by atoms with Crippen molar-refractivity contribution >= 4 is 24.7 Å². The molecule has 0 aliphatic rings. The van der Waals surface area contributed by atoms with Crippen molar-refractivity contribution in [2.24, 2.45) is 0 Å². The number of fused-ring (bicyclic) bond motifs is 1. The summed E-state index contributed by atoms with van der Waals surface area (Å²) < 4.78 is 30.0. The summed E-state index contributed by atoms with van der Waals surface area (Å²) in [5, 5.41) is 9.65. The van der Waals surface area contributed by atoms with Crippen molar-refractivity contribution in [3.8, 4) is 0 Å². The predicted octanol–water partition coefficient (Wildman–Crippen LogP) is 5.13. The van der Waals surface area contributed by atoms with E-state index in [1.165, 1.54) is 87.9 Å². The van der Waals surface area contributed by atoms with E-state index in [0.717, 1.165) is 12.8 Å². The van der Waals surface area contributed by atoms with Crippen molar-refractivity contribution in [2.45, 2.75) is 116 Å². The largest absolute Gasteiger partial charge is 0.394 e. The highest BCUT2D eigenvalue weighted by Gasteiger charge is 2.23. The third-order valence-corrected chi connectivity index (χ3v) is 8.00. The van der Waals surface area contributed by atoms with Gasteiger partial charge in [0, 0.05) is 13.2 Å². The van der Waals surface area contributed by atoms with E-state index in [4.69, 9.17) is 19.7 Å². The van der Waals surface area contributed by atoms with E-state index in [9.17, 15) is 19.4 Å². The number of imidazole rings is 1. The molecule has 0 saturated carbocycles. The van der Waals surface area contributed by atoms with Gasteiger partial charge in [-0.15, -0.1) is 0 Å². The number of H-pyrrole nitrogens is 1. The lowest BCUT2D eigenvalue weighted by Gasteiger charge is -2.19. The van der Waals surface area contributed by atoms with Crippen molar-refractivity contribution < 1.29 is 28.6 Å². The molecule has 0 spiro atoms. The SMILES string of the molecule is CCCCCCCCCCCCCCCCOCCCOP(=O)(O)CO[C@H](CO)Cn1cnc2c(=O)[nH]c(N)nc21. The Morgan fingerprint density at radius 2 is 1.54 bits per heavy atom. The molecule has 1 unspecified atom stereocenters. The molecule has 0 fully saturated rings. The first-order chi connectivity index (χ1) is 19.9. The number of anilines is 1. The zero-order chi connectivity index (χ0) is 29.8. The summed E-state index contributed by atoms with van der Waals surface area (Å²) in [6.07, 6.45) is 18.9. The number of aliphatic hydroxyl groups excluding tert-OH is 1. The molecule has 2 aromatic heterocycles. The number of aliphatic hydroxyl groups is 1. The van der Waals surface area contributed by atoms with Crippen molar-refractivity contribution in [3.05, 3.63) is 16.7 Å². The van der Waals surface area contributed by atoms with Gasteiger partial charge in [-0.25, -0.2) is 4.98 Å². The van der Waals surface area contributed by atoms with Crippen LogP contribution in [0.1, 0.15) is 103 Å². The maximum atomic E-state index is 12.3. The minimum Gasteiger partial charge on any atom is -0.394 e. The Balaban J connectivity index is 1.44. The second-order valence-corrected chi connectivity index (χ2v) is 12.4. The molecule has 13 heteroatoms. The van der Waals surface area contributed by atoms with Crippen molar-refractivity contribution in [2.75, 3.05) is 38.5 Å². The fraction of sp³-hybridized carbons (Fsp3) is 0.821. The summed E-state index contributed by atoms with van der Waals surface area (Å²) in [6.45, 7) is 3.10. The Labute approximate surface area is 243 Å². The van der Waals surface area contributed by atoms with E-state index in [1.54, 1.807) is 0 Å². The van der Waals surface area contributed by atoms with Crippen LogP contribution in [0.3, 0.4) is 0 Å². The highest BCUT2D eigenvalue weighted by atomic mass is 31.2. The second kappa shape index (κ2) is 21.0. The van der Waals surface area contributed by atoms with E-state index in [-0.39, 0.29) is 30.3 Å². The standard InChI is InChI=1S/C28H52N5O7P/c1-2-3-4-5-6-7-8-9-10-11-12-13-14-15-17-38-18-16-19-40-41(36,37)23-39-24(21-34)20-33-22-30-25-26(33)31-28(29)32-27(25)35/h22,24,34H,2-21,23H2,1H3,(H,36,37)(H3,29,31,32,35)/t24-/m0/s1. The monoisotopic (exact) mass is 601 g/mol. The van der Waals surface area contributed by atoms with E-state index in [2.05, 4.69) is 21.9 Å². The topological polar surface area (TPSA) is 175 Å². The van der Waals surface area contributed by atoms with Crippen LogP contribution in [0.25, 0.3) is 11.2 Å². The number of nitrogens with one attached hydrogen (secondary N) is 1. The second-order valence-electron chi connectivity index (χ2n) is 10.7. The number of rotatable bonds is 26. The van der Waals surface area contributed by atoms with Gasteiger partial charge in [0.1, 0.15) is 6.35 Å². The first-order valence-electron chi connectivity index (χ1n) is 15.3. The van der Waals surface area contributed by atoms with Gasteiger partial charge in [0.05, 0.1) is 32.2 Å². The van der Waals surface area contributed by atoms with Crippen molar-refractivity contribution in [1.82, 2.24) is 19.5 Å². The van der Waals surface area contributed by atoms with Crippen LogP contribution in [0.2, 0.25) is 0 Å². The van der Waals surface area contributed by atoms with Crippen LogP contribution >= 0.6 is 7.60 Å². The van der Waals surface area contributed by atoms with Gasteiger partial charge in [0.25, 0.3) is 5.56 Å². The summed E-state index contributed by atoms with van der Waals surface area (Å²) in [6, 6.07) is 0. The summed E-state index contributed by atoms with van der Waals surface area (Å²) >= 11 is 0. The number of hydrogen-bond acceptors (Lipinski definition) is 9. The number of aromatic nitrogens is 4. The minimum absolute atomic E-state index is 0.0516. The average molecular weight is 602 g/mol. The fourth-order valence-electron chi connectivity index (χ4n) is 4.59. The van der Waals surface area contributed by atoms with Crippen LogP contribution in [0.15, 0.2) is 11.1 Å². The van der Waals surface area contributed by atoms with Crippen LogP contribution < -0.4 is 11.3 Å². The Morgan fingerprint density at radius 1 is 0.951 bits per heavy atom. The lowest BCUT2D eigenvalue weighted by atomic mass is 10.0.